The van der Waals surface area contributed by atoms with Gasteiger partial charge in [0.1, 0.15) is 6.61 Å². The number of hydrogen-bond donors (Lipinski definition) is 0. The summed E-state index contributed by atoms with van der Waals surface area (Å²) in [5, 5.41) is 0. The summed E-state index contributed by atoms with van der Waals surface area (Å²) < 4.78 is 18.2. The molecule has 0 saturated heterocycles. The van der Waals surface area contributed by atoms with Crippen LogP contribution in [-0.2, 0) is 4.74 Å². The molecule has 0 aliphatic carbocycles. The Morgan fingerprint density at radius 1 is 1.14 bits per heavy atom. The minimum absolute atomic E-state index is 0.305. The summed E-state index contributed by atoms with van der Waals surface area (Å²) in [6.07, 6.45) is 0.0825. The molecule has 1 amide bonds. The van der Waals surface area contributed by atoms with Crippen molar-refractivity contribution in [2.45, 2.75) is 19.8 Å². The molecule has 0 aromatic heterocycles. The lowest BCUT2D eigenvalue weighted by Crippen LogP contribution is -2.27. The van der Waals surface area contributed by atoms with E-state index in [4.69, 9.17) is 4.74 Å². The molecule has 1 aromatic rings. The van der Waals surface area contributed by atoms with Gasteiger partial charge in [0, 0.05) is 18.8 Å². The zero-order valence-electron chi connectivity index (χ0n) is 13.3. The smallest absolute Gasteiger partial charge is 0.404 e. The van der Waals surface area contributed by atoms with Gasteiger partial charge in [0.2, 0.25) is 0 Å². The van der Waals surface area contributed by atoms with Gasteiger partial charge in [-0.2, -0.15) is 0 Å². The van der Waals surface area contributed by atoms with E-state index in [0.717, 1.165) is 11.3 Å². The number of esters is 1. The van der Waals surface area contributed by atoms with Gasteiger partial charge in [-0.05, 0) is 44.8 Å². The van der Waals surface area contributed by atoms with Gasteiger partial charge in [0.05, 0.1) is 5.56 Å². The predicted octanol–water partition coefficient (Wildman–Crippen LogP) is 3.10. The van der Waals surface area contributed by atoms with Crippen LogP contribution in [0.15, 0.2) is 24.3 Å². The van der Waals surface area contributed by atoms with Gasteiger partial charge in [0.15, 0.2) is 0 Å². The zero-order chi connectivity index (χ0) is 16.5. The van der Waals surface area contributed by atoms with E-state index in [-0.39, 0.29) is 0 Å². The van der Waals surface area contributed by atoms with Crippen molar-refractivity contribution in [3.05, 3.63) is 29.8 Å². The molecule has 0 atom stereocenters. The van der Waals surface area contributed by atoms with E-state index in [1.54, 1.807) is 12.1 Å². The Labute approximate surface area is 130 Å². The van der Waals surface area contributed by atoms with Crippen LogP contribution in [0.25, 0.3) is 0 Å². The Morgan fingerprint density at radius 3 is 2.27 bits per heavy atom. The summed E-state index contributed by atoms with van der Waals surface area (Å²) in [5.41, 5.74) is 0.815. The van der Waals surface area contributed by atoms with Crippen LogP contribution in [0.2, 0.25) is 0 Å². The summed E-state index contributed by atoms with van der Waals surface area (Å²) in [4.78, 5) is 25.8. The molecule has 0 radical (unpaired) electrons. The molecular weight excluding hydrogens is 286 g/mol. The van der Waals surface area contributed by atoms with Gasteiger partial charge in [-0.15, -0.1) is 4.39 Å². The van der Waals surface area contributed by atoms with Crippen LogP contribution < -0.4 is 4.90 Å². The number of likely N-dealkylation sites (N-methyl/N-ethyl adjacent to an activating group) is 1. The molecule has 0 heterocycles. The normalized spacial score (nSPS) is 10.6. The fourth-order valence-electron chi connectivity index (χ4n) is 1.82. The van der Waals surface area contributed by atoms with E-state index in [1.807, 2.05) is 25.9 Å². The van der Waals surface area contributed by atoms with Crippen molar-refractivity contribution < 1.29 is 18.7 Å². The molecule has 0 aliphatic rings. The van der Waals surface area contributed by atoms with E-state index >= 15 is 0 Å². The molecule has 122 valence electrons. The molecule has 6 heteroatoms. The lowest BCUT2D eigenvalue weighted by molar-refractivity contribution is 0.0482. The third-order valence-corrected chi connectivity index (χ3v) is 3.13. The quantitative estimate of drug-likeness (QED) is 0.420. The van der Waals surface area contributed by atoms with E-state index in [9.17, 15) is 14.0 Å². The summed E-state index contributed by atoms with van der Waals surface area (Å²) in [6.45, 7) is 3.23. The maximum atomic E-state index is 13.1. The molecule has 0 N–H and O–H groups in total. The molecule has 1 aromatic carbocycles. The largest absolute Gasteiger partial charge is 0.461 e. The molecule has 1 rings (SSSR count). The monoisotopic (exact) mass is 309 g/mol. The summed E-state index contributed by atoms with van der Waals surface area (Å²) in [7, 11) is 3.78. The minimum Gasteiger partial charge on any atom is -0.461 e. The molecular formula is C16H23FN2O3. The number of anilines is 1. The van der Waals surface area contributed by atoms with Crippen molar-refractivity contribution in [3.8, 4) is 0 Å². The van der Waals surface area contributed by atoms with Crippen molar-refractivity contribution in [3.63, 3.8) is 0 Å². The van der Waals surface area contributed by atoms with E-state index in [1.165, 1.54) is 12.1 Å². The van der Waals surface area contributed by atoms with Crippen LogP contribution >= 0.6 is 0 Å². The minimum atomic E-state index is -1.49. The van der Waals surface area contributed by atoms with Crippen LogP contribution in [0.1, 0.15) is 30.1 Å². The second kappa shape index (κ2) is 9.15. The predicted molar refractivity (Wildman–Crippen MR) is 84.0 cm³/mol. The Morgan fingerprint density at radius 2 is 1.77 bits per heavy atom. The van der Waals surface area contributed by atoms with Crippen LogP contribution in [0, 0.1) is 0 Å². The first kappa shape index (κ1) is 18.1. The third kappa shape index (κ3) is 5.81. The Bertz CT molecular complexity index is 489. The Hall–Kier alpha value is -1.95. The second-order valence-electron chi connectivity index (χ2n) is 5.24. The number of amides is 1. The zero-order valence-corrected chi connectivity index (χ0v) is 13.3. The molecule has 0 saturated carbocycles. The number of carbonyl (C=O) groups excluding carboxylic acids is 2. The average Bonchev–Trinajstić information content (AvgIpc) is 2.47. The molecule has 0 unspecified atom stereocenters. The highest BCUT2D eigenvalue weighted by Crippen LogP contribution is 2.18. The fourth-order valence-corrected chi connectivity index (χ4v) is 1.82. The van der Waals surface area contributed by atoms with Gasteiger partial charge in [-0.25, -0.2) is 9.59 Å². The van der Waals surface area contributed by atoms with Crippen molar-refractivity contribution >= 4 is 17.8 Å². The van der Waals surface area contributed by atoms with Crippen LogP contribution in [0.3, 0.4) is 0 Å². The first-order valence-electron chi connectivity index (χ1n) is 7.34. The molecule has 0 aliphatic heterocycles. The topological polar surface area (TPSA) is 49.9 Å². The van der Waals surface area contributed by atoms with E-state index in [0.29, 0.717) is 37.4 Å². The highest BCUT2D eigenvalue weighted by molar-refractivity contribution is 5.91. The van der Waals surface area contributed by atoms with Crippen LogP contribution in [0.5, 0.6) is 0 Å². The highest BCUT2D eigenvalue weighted by atomic mass is 18.2. The van der Waals surface area contributed by atoms with E-state index < -0.39 is 12.1 Å². The highest BCUT2D eigenvalue weighted by Gasteiger charge is 2.15. The number of carbonyl (C=O) groups is 2. The number of unbranched alkanes of at least 4 members (excludes halogenated alkanes) is 1. The van der Waals surface area contributed by atoms with Gasteiger partial charge < -0.3 is 9.64 Å². The Kier molecular flexibility index (Phi) is 7.52. The lowest BCUT2D eigenvalue weighted by atomic mass is 10.2. The second-order valence-corrected chi connectivity index (χ2v) is 5.24. The van der Waals surface area contributed by atoms with Gasteiger partial charge in [-0.3, -0.25) is 4.90 Å². The summed E-state index contributed by atoms with van der Waals surface area (Å²) in [6, 6.07) is 6.18. The number of halogens is 1. The molecule has 5 nitrogen and oxygen atoms in total. The van der Waals surface area contributed by atoms with Gasteiger partial charge in [-0.1, -0.05) is 13.3 Å². The van der Waals surface area contributed by atoms with E-state index in [2.05, 4.69) is 0 Å². The summed E-state index contributed by atoms with van der Waals surface area (Å²) in [5.74, 6) is -0.430. The SMILES string of the molecule is CCCCN(C(=O)[18F])c1ccc(C(=O)OCCN(C)C)cc1. The van der Waals surface area contributed by atoms with Crippen LogP contribution in [0.4, 0.5) is 14.9 Å². The Balaban J connectivity index is 2.67. The molecule has 22 heavy (non-hydrogen) atoms. The summed E-state index contributed by atoms with van der Waals surface area (Å²) >= 11 is 0. The first-order chi connectivity index (χ1) is 10.5. The van der Waals surface area contributed by atoms with Crippen molar-refractivity contribution in [2.75, 3.05) is 38.7 Å². The number of rotatable bonds is 8. The first-order valence-corrected chi connectivity index (χ1v) is 7.34. The van der Waals surface area contributed by atoms with Crippen molar-refractivity contribution in [1.82, 2.24) is 4.90 Å². The number of nitrogens with zero attached hydrogens (tertiary/aromatic N) is 2. The fraction of sp³-hybridized carbons (Fsp3) is 0.500. The molecule has 0 fully saturated rings. The number of benzene rings is 1. The van der Waals surface area contributed by atoms with Crippen molar-refractivity contribution in [2.24, 2.45) is 0 Å². The van der Waals surface area contributed by atoms with Crippen molar-refractivity contribution in [1.29, 1.82) is 0 Å². The number of hydrogen-bond acceptors (Lipinski definition) is 4. The number of ether oxygens (including phenoxy) is 1. The third-order valence-electron chi connectivity index (χ3n) is 3.13. The maximum absolute atomic E-state index is 13.1. The average molecular weight is 309 g/mol. The molecule has 0 spiro atoms. The lowest BCUT2D eigenvalue weighted by Gasteiger charge is -2.18. The molecule has 0 bridgehead atoms. The van der Waals surface area contributed by atoms with Crippen LogP contribution in [-0.4, -0.2) is 50.8 Å². The van der Waals surface area contributed by atoms with Gasteiger partial charge >= 0.3 is 12.1 Å². The standard InChI is InChI=1S/C16H23FN2O3/c1-4-5-10-19(16(17)21)14-8-6-13(7-9-14)15(20)22-12-11-18(2)3/h6-9H,4-5,10-12H2,1-3H3/i17-1. The maximum Gasteiger partial charge on any atom is 0.404 e. The van der Waals surface area contributed by atoms with Gasteiger partial charge in [0.25, 0.3) is 0 Å².